The van der Waals surface area contributed by atoms with Gasteiger partial charge in [-0.1, -0.05) is 42.5 Å². The number of thiazole rings is 1. The molecule has 0 aliphatic rings. The molecule has 0 aliphatic carbocycles. The molecule has 9 N–H and O–H groups in total. The van der Waals surface area contributed by atoms with Crippen molar-refractivity contribution < 1.29 is 40.6 Å². The van der Waals surface area contributed by atoms with Crippen LogP contribution in [0.4, 0.5) is 0 Å². The number of aromatic nitrogens is 1. The third-order valence-electron chi connectivity index (χ3n) is 7.12. The molecule has 0 bridgehead atoms. The van der Waals surface area contributed by atoms with Gasteiger partial charge in [-0.2, -0.15) is 4.98 Å². The summed E-state index contributed by atoms with van der Waals surface area (Å²) < 4.78 is 12.2. The largest absolute Gasteiger partial charge is 0.508 e. The number of carbonyl (C=O) groups is 1. The van der Waals surface area contributed by atoms with E-state index in [9.17, 15) is 19.8 Å². The molecule has 3 aromatic carbocycles. The van der Waals surface area contributed by atoms with Crippen LogP contribution in [0.1, 0.15) is 41.1 Å². The standard InChI is InChI=1S/C32H31N3O6S/c1-3-20-14-23-27(15-26(20)41-32(39)25(34)13-19-6-10-22(37)11-7-19)40-30(24(33)12-18-4-8-21(36)9-5-18)28(29(23)38)31-35-17(2)16-42-31/h4-11,14-16,24-25,36-37H,3,12-13,33-34H2,1-2H3/p+3. The lowest BCUT2D eigenvalue weighted by Gasteiger charge is -2.15. The quantitative estimate of drug-likeness (QED) is 0.153. The van der Waals surface area contributed by atoms with Crippen LogP contribution in [0.2, 0.25) is 0 Å². The van der Waals surface area contributed by atoms with E-state index in [1.165, 1.54) is 11.3 Å². The normalized spacial score (nSPS) is 12.8. The molecule has 2 unspecified atom stereocenters. The molecule has 5 rings (SSSR count). The number of aromatic hydroxyl groups is 2. The van der Waals surface area contributed by atoms with Gasteiger partial charge in [-0.25, -0.2) is 4.79 Å². The van der Waals surface area contributed by atoms with E-state index in [0.29, 0.717) is 57.9 Å². The molecule has 9 nitrogen and oxygen atoms in total. The topological polar surface area (TPSA) is 166 Å². The predicted octanol–water partition coefficient (Wildman–Crippen LogP) is 2.90. The fourth-order valence-corrected chi connectivity index (χ4v) is 5.75. The van der Waals surface area contributed by atoms with E-state index >= 15 is 0 Å². The lowest BCUT2D eigenvalue weighted by atomic mass is 9.99. The molecule has 216 valence electrons. The molecule has 0 radical (unpaired) electrons. The van der Waals surface area contributed by atoms with Crippen LogP contribution in [-0.2, 0) is 24.1 Å². The van der Waals surface area contributed by atoms with Crippen LogP contribution in [0.3, 0.4) is 0 Å². The maximum Gasteiger partial charge on any atom is 0.370 e. The Hall–Kier alpha value is -4.51. The van der Waals surface area contributed by atoms with Crippen LogP contribution >= 0.6 is 11.3 Å². The highest BCUT2D eigenvalue weighted by Crippen LogP contribution is 2.33. The number of carbonyl (C=O) groups excluding carboxylic acids is 1. The van der Waals surface area contributed by atoms with Crippen LogP contribution in [-0.4, -0.2) is 22.2 Å². The SMILES string of the molecule is CCc1cc2c(=O)c(-c3[nH+]c(C)cs3)c(C([NH3+])Cc3ccc(O)cc3)oc2cc1OC(=O)C([NH3+])Cc1ccc(O)cc1. The fourth-order valence-electron chi connectivity index (χ4n) is 4.87. The smallest absolute Gasteiger partial charge is 0.370 e. The van der Waals surface area contributed by atoms with Gasteiger partial charge in [-0.3, -0.25) is 4.79 Å². The first-order chi connectivity index (χ1) is 20.1. The predicted molar refractivity (Wildman–Crippen MR) is 158 cm³/mol. The summed E-state index contributed by atoms with van der Waals surface area (Å²) in [5, 5.41) is 22.2. The maximum atomic E-state index is 14.0. The minimum absolute atomic E-state index is 0.148. The molecule has 2 atom stereocenters. The number of quaternary nitrogens is 2. The first-order valence-electron chi connectivity index (χ1n) is 13.7. The molecule has 0 amide bonds. The Kier molecular flexibility index (Phi) is 8.39. The average molecular weight is 589 g/mol. The Morgan fingerprint density at radius 3 is 2.19 bits per heavy atom. The van der Waals surface area contributed by atoms with Crippen LogP contribution in [0, 0.1) is 6.92 Å². The molecule has 0 saturated heterocycles. The minimum atomic E-state index is -0.688. The van der Waals surface area contributed by atoms with Crippen LogP contribution in [0.15, 0.2) is 75.3 Å². The van der Waals surface area contributed by atoms with Gasteiger partial charge < -0.3 is 30.8 Å². The van der Waals surface area contributed by atoms with E-state index in [1.54, 1.807) is 48.5 Å². The van der Waals surface area contributed by atoms with Gasteiger partial charge in [-0.15, -0.1) is 0 Å². The van der Waals surface area contributed by atoms with Crippen LogP contribution in [0.25, 0.3) is 21.5 Å². The van der Waals surface area contributed by atoms with E-state index in [1.807, 2.05) is 31.4 Å². The van der Waals surface area contributed by atoms with Gasteiger partial charge in [0.1, 0.15) is 28.9 Å². The Labute approximate surface area is 246 Å². The number of ether oxygens (including phenoxy) is 1. The summed E-state index contributed by atoms with van der Waals surface area (Å²) in [6.07, 6.45) is 1.34. The first-order valence-corrected chi connectivity index (χ1v) is 14.6. The highest BCUT2D eigenvalue weighted by atomic mass is 32.1. The Bertz CT molecular complexity index is 1790. The van der Waals surface area contributed by atoms with E-state index < -0.39 is 18.1 Å². The number of hydrogen-bond acceptors (Lipinski definition) is 7. The molecular formula is C32H34N3O6S+3. The van der Waals surface area contributed by atoms with Crippen molar-refractivity contribution in [3.05, 3.63) is 104 Å². The van der Waals surface area contributed by atoms with Crippen molar-refractivity contribution in [2.24, 2.45) is 0 Å². The summed E-state index contributed by atoms with van der Waals surface area (Å²) in [7, 11) is 0. The molecule has 0 saturated carbocycles. The second-order valence-electron chi connectivity index (χ2n) is 10.4. The first kappa shape index (κ1) is 29.0. The summed E-state index contributed by atoms with van der Waals surface area (Å²) >= 11 is 1.42. The van der Waals surface area contributed by atoms with E-state index in [-0.39, 0.29) is 16.9 Å². The zero-order valence-electron chi connectivity index (χ0n) is 23.5. The van der Waals surface area contributed by atoms with Crippen molar-refractivity contribution in [2.45, 2.75) is 45.2 Å². The van der Waals surface area contributed by atoms with E-state index in [4.69, 9.17) is 9.15 Å². The number of phenolic OH excluding ortho intramolecular Hbond substituents is 2. The van der Waals surface area contributed by atoms with E-state index in [2.05, 4.69) is 16.5 Å². The molecule has 2 heterocycles. The van der Waals surface area contributed by atoms with Crippen molar-refractivity contribution in [1.82, 2.24) is 0 Å². The van der Waals surface area contributed by atoms with Gasteiger partial charge in [0.2, 0.25) is 5.43 Å². The number of aryl methyl sites for hydroxylation is 2. The highest BCUT2D eigenvalue weighted by Gasteiger charge is 2.30. The van der Waals surface area contributed by atoms with Gasteiger partial charge in [0.15, 0.2) is 23.1 Å². The molecule has 0 aliphatic heterocycles. The van der Waals surface area contributed by atoms with Gasteiger partial charge in [-0.05, 0) is 53.4 Å². The molecule has 2 aromatic heterocycles. The Morgan fingerprint density at radius 2 is 1.62 bits per heavy atom. The van der Waals surface area contributed by atoms with Gasteiger partial charge >= 0.3 is 5.97 Å². The summed E-state index contributed by atoms with van der Waals surface area (Å²) in [6, 6.07) is 15.7. The molecular weight excluding hydrogens is 554 g/mol. The third-order valence-corrected chi connectivity index (χ3v) is 8.14. The van der Waals surface area contributed by atoms with Crippen molar-refractivity contribution >= 4 is 28.3 Å². The summed E-state index contributed by atoms with van der Waals surface area (Å²) in [5.41, 5.74) is 12.2. The molecule has 0 spiro atoms. The molecule has 42 heavy (non-hydrogen) atoms. The van der Waals surface area contributed by atoms with Crippen molar-refractivity contribution in [1.29, 1.82) is 0 Å². The number of aromatic amines is 1. The number of phenols is 2. The number of esters is 1. The zero-order valence-corrected chi connectivity index (χ0v) is 24.3. The highest BCUT2D eigenvalue weighted by molar-refractivity contribution is 7.12. The Morgan fingerprint density at radius 1 is 1.00 bits per heavy atom. The van der Waals surface area contributed by atoms with Crippen molar-refractivity contribution in [3.63, 3.8) is 0 Å². The minimum Gasteiger partial charge on any atom is -0.508 e. The van der Waals surface area contributed by atoms with Crippen molar-refractivity contribution in [2.75, 3.05) is 0 Å². The monoisotopic (exact) mass is 588 g/mol. The van der Waals surface area contributed by atoms with Gasteiger partial charge in [0.05, 0.1) is 10.8 Å². The second-order valence-corrected chi connectivity index (χ2v) is 11.3. The third kappa shape index (κ3) is 6.20. The van der Waals surface area contributed by atoms with Crippen molar-refractivity contribution in [3.8, 4) is 27.8 Å². The number of nitrogens with one attached hydrogen (secondary N) is 1. The molecule has 10 heteroatoms. The lowest BCUT2D eigenvalue weighted by molar-refractivity contribution is -0.430. The van der Waals surface area contributed by atoms with Crippen LogP contribution in [0.5, 0.6) is 17.2 Å². The number of hydrogen-bond donors (Lipinski definition) is 4. The maximum absolute atomic E-state index is 14.0. The average Bonchev–Trinajstić information content (AvgIpc) is 3.40. The summed E-state index contributed by atoms with van der Waals surface area (Å²) in [4.78, 5) is 30.3. The number of H-pyrrole nitrogens is 1. The lowest BCUT2D eigenvalue weighted by Crippen LogP contribution is -2.67. The number of rotatable bonds is 9. The number of fused-ring (bicyclic) bond motifs is 1. The second kappa shape index (κ2) is 12.2. The van der Waals surface area contributed by atoms with Gasteiger partial charge in [0, 0.05) is 25.8 Å². The van der Waals surface area contributed by atoms with E-state index in [0.717, 1.165) is 16.8 Å². The summed E-state index contributed by atoms with van der Waals surface area (Å²) in [6.45, 7) is 3.85. The molecule has 5 aromatic rings. The Balaban J connectivity index is 1.54. The van der Waals surface area contributed by atoms with Crippen LogP contribution < -0.4 is 26.6 Å². The molecule has 0 fully saturated rings. The summed E-state index contributed by atoms with van der Waals surface area (Å²) in [5.74, 6) is 0.538. The number of benzene rings is 3. The zero-order chi connectivity index (χ0) is 30.0. The fraction of sp³-hybridized carbons (Fsp3) is 0.219. The van der Waals surface area contributed by atoms with Gasteiger partial charge in [0.25, 0.3) is 5.01 Å².